The molecule has 164 valence electrons. The summed E-state index contributed by atoms with van der Waals surface area (Å²) < 4.78 is 43.0. The van der Waals surface area contributed by atoms with E-state index in [0.717, 1.165) is 5.56 Å². The van der Waals surface area contributed by atoms with Crippen LogP contribution in [0, 0.1) is 0 Å². The Kier molecular flexibility index (Phi) is 8.49. The summed E-state index contributed by atoms with van der Waals surface area (Å²) in [5.41, 5.74) is 0.793. The maximum atomic E-state index is 12.4. The van der Waals surface area contributed by atoms with Gasteiger partial charge in [-0.1, -0.05) is 0 Å². The number of ether oxygens (including phenoxy) is 3. The van der Waals surface area contributed by atoms with Gasteiger partial charge >= 0.3 is 0 Å². The number of carbonyl (C=O) groups excluding carboxylic acids is 1. The molecule has 0 fully saturated rings. The van der Waals surface area contributed by atoms with Gasteiger partial charge in [-0.15, -0.1) is 0 Å². The highest BCUT2D eigenvalue weighted by Crippen LogP contribution is 2.29. The van der Waals surface area contributed by atoms with Crippen molar-refractivity contribution in [2.45, 2.75) is 31.2 Å². The molecule has 2 rings (SSSR count). The average molecular weight is 437 g/mol. The lowest BCUT2D eigenvalue weighted by atomic mass is 10.1. The summed E-state index contributed by atoms with van der Waals surface area (Å²) in [4.78, 5) is 12.4. The Morgan fingerprint density at radius 1 is 1.03 bits per heavy atom. The number of rotatable bonds is 11. The Labute approximate surface area is 177 Å². The van der Waals surface area contributed by atoms with E-state index >= 15 is 0 Å². The molecule has 9 heteroatoms. The molecular formula is C21H28N2O6S. The molecule has 0 heterocycles. The van der Waals surface area contributed by atoms with Crippen molar-refractivity contribution < 1.29 is 27.4 Å². The molecule has 0 aliphatic heterocycles. The van der Waals surface area contributed by atoms with Crippen LogP contribution in [0.3, 0.4) is 0 Å². The first-order valence-corrected chi connectivity index (χ1v) is 11.0. The molecular weight excluding hydrogens is 408 g/mol. The molecule has 1 unspecified atom stereocenters. The topological polar surface area (TPSA) is 103 Å². The largest absolute Gasteiger partial charge is 0.497 e. The molecule has 0 bridgehead atoms. The van der Waals surface area contributed by atoms with Crippen LogP contribution in [0.2, 0.25) is 0 Å². The number of methoxy groups -OCH3 is 2. The maximum Gasteiger partial charge on any atom is 0.240 e. The predicted octanol–water partition coefficient (Wildman–Crippen LogP) is 2.65. The molecule has 30 heavy (non-hydrogen) atoms. The molecule has 2 aromatic rings. The second-order valence-electron chi connectivity index (χ2n) is 6.45. The molecule has 0 aliphatic rings. The minimum absolute atomic E-state index is 0.000923. The minimum Gasteiger partial charge on any atom is -0.497 e. The number of hydrogen-bond donors (Lipinski definition) is 2. The highest BCUT2D eigenvalue weighted by atomic mass is 32.2. The van der Waals surface area contributed by atoms with Gasteiger partial charge in [-0.3, -0.25) is 4.79 Å². The van der Waals surface area contributed by atoms with Gasteiger partial charge in [-0.2, -0.15) is 0 Å². The quantitative estimate of drug-likeness (QED) is 0.561. The molecule has 1 amide bonds. The predicted molar refractivity (Wildman–Crippen MR) is 114 cm³/mol. The lowest BCUT2D eigenvalue weighted by molar-refractivity contribution is -0.121. The average Bonchev–Trinajstić information content (AvgIpc) is 2.73. The number of hydrogen-bond acceptors (Lipinski definition) is 6. The zero-order valence-corrected chi connectivity index (χ0v) is 18.4. The zero-order valence-electron chi connectivity index (χ0n) is 17.6. The van der Waals surface area contributed by atoms with Crippen molar-refractivity contribution in [2.24, 2.45) is 0 Å². The maximum absolute atomic E-state index is 12.4. The van der Waals surface area contributed by atoms with E-state index in [4.69, 9.17) is 14.2 Å². The first kappa shape index (κ1) is 23.5. The van der Waals surface area contributed by atoms with Crippen LogP contribution in [0.4, 0.5) is 0 Å². The molecule has 0 aromatic heterocycles. The van der Waals surface area contributed by atoms with E-state index in [1.165, 1.54) is 12.1 Å². The van der Waals surface area contributed by atoms with Crippen molar-refractivity contribution >= 4 is 15.9 Å². The fourth-order valence-corrected chi connectivity index (χ4v) is 3.86. The summed E-state index contributed by atoms with van der Waals surface area (Å²) in [6.45, 7) is 4.16. The third kappa shape index (κ3) is 6.36. The Balaban J connectivity index is 1.89. The van der Waals surface area contributed by atoms with Gasteiger partial charge in [0.2, 0.25) is 15.9 Å². The first-order chi connectivity index (χ1) is 14.3. The summed E-state index contributed by atoms with van der Waals surface area (Å²) in [7, 11) is -0.598. The Hall–Kier alpha value is -2.78. The molecule has 8 nitrogen and oxygen atoms in total. The van der Waals surface area contributed by atoms with Crippen molar-refractivity contribution in [3.8, 4) is 17.2 Å². The Bertz CT molecular complexity index is 944. The van der Waals surface area contributed by atoms with Gasteiger partial charge in [0.25, 0.3) is 0 Å². The molecule has 0 spiro atoms. The van der Waals surface area contributed by atoms with Crippen LogP contribution in [-0.4, -0.2) is 41.7 Å². The molecule has 0 aliphatic carbocycles. The third-order valence-electron chi connectivity index (χ3n) is 4.37. The summed E-state index contributed by atoms with van der Waals surface area (Å²) in [6, 6.07) is 11.1. The van der Waals surface area contributed by atoms with Crippen LogP contribution < -0.4 is 24.2 Å². The monoisotopic (exact) mass is 436 g/mol. The number of nitrogens with one attached hydrogen (secondary N) is 2. The second kappa shape index (κ2) is 10.8. The van der Waals surface area contributed by atoms with Crippen LogP contribution in [0.25, 0.3) is 0 Å². The highest BCUT2D eigenvalue weighted by Gasteiger charge is 2.17. The SMILES string of the molecule is CCOc1ccc(S(=O)(=O)NCCC(=O)NC(C)c2ccc(OC)cc2OC)cc1. The normalized spacial score (nSPS) is 12.1. The number of amides is 1. The van der Waals surface area contributed by atoms with Gasteiger partial charge in [0.05, 0.1) is 31.8 Å². The molecule has 2 N–H and O–H groups in total. The van der Waals surface area contributed by atoms with Crippen molar-refractivity contribution in [2.75, 3.05) is 27.4 Å². The van der Waals surface area contributed by atoms with E-state index in [1.807, 2.05) is 19.9 Å². The molecule has 0 radical (unpaired) electrons. The van der Waals surface area contributed by atoms with Crippen molar-refractivity contribution in [1.82, 2.24) is 10.0 Å². The van der Waals surface area contributed by atoms with Gasteiger partial charge in [0, 0.05) is 24.6 Å². The molecule has 2 aromatic carbocycles. The summed E-state index contributed by atoms with van der Waals surface area (Å²) in [6.07, 6.45) is -0.000923. The van der Waals surface area contributed by atoms with E-state index in [-0.39, 0.29) is 29.8 Å². The number of carbonyl (C=O) groups is 1. The third-order valence-corrected chi connectivity index (χ3v) is 5.85. The standard InChI is InChI=1S/C21H28N2O6S/c1-5-29-16-6-9-18(10-7-16)30(25,26)22-13-12-21(24)23-15(2)19-11-8-17(27-3)14-20(19)28-4/h6-11,14-15,22H,5,12-13H2,1-4H3,(H,23,24). The van der Waals surface area contributed by atoms with E-state index in [0.29, 0.717) is 23.9 Å². The number of benzene rings is 2. The van der Waals surface area contributed by atoms with E-state index in [2.05, 4.69) is 10.0 Å². The fourth-order valence-electron chi connectivity index (χ4n) is 2.83. The van der Waals surface area contributed by atoms with Gasteiger partial charge in [0.1, 0.15) is 17.2 Å². The van der Waals surface area contributed by atoms with Crippen LogP contribution in [0.5, 0.6) is 17.2 Å². The second-order valence-corrected chi connectivity index (χ2v) is 8.22. The van der Waals surface area contributed by atoms with E-state index in [9.17, 15) is 13.2 Å². The highest BCUT2D eigenvalue weighted by molar-refractivity contribution is 7.89. The minimum atomic E-state index is -3.71. The van der Waals surface area contributed by atoms with E-state index < -0.39 is 10.0 Å². The van der Waals surface area contributed by atoms with Gasteiger partial charge in [-0.05, 0) is 50.2 Å². The zero-order chi connectivity index (χ0) is 22.1. The molecule has 1 atom stereocenters. The lowest BCUT2D eigenvalue weighted by Gasteiger charge is -2.18. The van der Waals surface area contributed by atoms with Gasteiger partial charge in [-0.25, -0.2) is 13.1 Å². The van der Waals surface area contributed by atoms with E-state index in [1.54, 1.807) is 38.5 Å². The van der Waals surface area contributed by atoms with Crippen molar-refractivity contribution in [1.29, 1.82) is 0 Å². The molecule has 0 saturated heterocycles. The van der Waals surface area contributed by atoms with Crippen LogP contribution in [-0.2, 0) is 14.8 Å². The van der Waals surface area contributed by atoms with Crippen LogP contribution in [0.1, 0.15) is 31.9 Å². The van der Waals surface area contributed by atoms with Crippen molar-refractivity contribution in [3.63, 3.8) is 0 Å². The first-order valence-electron chi connectivity index (χ1n) is 9.54. The van der Waals surface area contributed by atoms with Crippen LogP contribution in [0.15, 0.2) is 47.4 Å². The summed E-state index contributed by atoms with van der Waals surface area (Å²) >= 11 is 0. The van der Waals surface area contributed by atoms with Gasteiger partial charge in [0.15, 0.2) is 0 Å². The van der Waals surface area contributed by atoms with Gasteiger partial charge < -0.3 is 19.5 Å². The smallest absolute Gasteiger partial charge is 0.240 e. The Morgan fingerprint density at radius 2 is 1.70 bits per heavy atom. The molecule has 0 saturated carbocycles. The van der Waals surface area contributed by atoms with Crippen molar-refractivity contribution in [3.05, 3.63) is 48.0 Å². The lowest BCUT2D eigenvalue weighted by Crippen LogP contribution is -2.32. The number of sulfonamides is 1. The summed E-state index contributed by atoms with van der Waals surface area (Å²) in [5.74, 6) is 1.56. The Morgan fingerprint density at radius 3 is 2.30 bits per heavy atom. The van der Waals surface area contributed by atoms with Crippen LogP contribution >= 0.6 is 0 Å². The fraction of sp³-hybridized carbons (Fsp3) is 0.381. The summed E-state index contributed by atoms with van der Waals surface area (Å²) in [5, 5.41) is 2.84.